The molecule has 0 saturated carbocycles. The van der Waals surface area contributed by atoms with Crippen molar-refractivity contribution in [2.24, 2.45) is 17.8 Å². The standard InChI is InChI=1S/C11H21NO/c1-8(2)7-9(3)10-5-4-6-12-11(10)13/h8-10H,4-7H2,1-3H3,(H,12,13). The topological polar surface area (TPSA) is 29.1 Å². The van der Waals surface area contributed by atoms with Crippen molar-refractivity contribution in [2.75, 3.05) is 6.54 Å². The fourth-order valence-corrected chi connectivity index (χ4v) is 2.25. The number of hydrogen-bond donors (Lipinski definition) is 1. The van der Waals surface area contributed by atoms with Crippen LogP contribution in [-0.2, 0) is 4.79 Å². The van der Waals surface area contributed by atoms with Crippen LogP contribution in [0.5, 0.6) is 0 Å². The van der Waals surface area contributed by atoms with Crippen molar-refractivity contribution >= 4 is 5.91 Å². The maximum Gasteiger partial charge on any atom is 0.223 e. The first-order valence-corrected chi connectivity index (χ1v) is 5.39. The lowest BCUT2D eigenvalue weighted by Crippen LogP contribution is -2.39. The molecule has 1 fully saturated rings. The molecule has 2 atom stereocenters. The van der Waals surface area contributed by atoms with Crippen LogP contribution in [0.15, 0.2) is 0 Å². The third-order valence-electron chi connectivity index (χ3n) is 2.86. The Morgan fingerprint density at radius 1 is 1.46 bits per heavy atom. The average Bonchev–Trinajstić information content (AvgIpc) is 2.03. The molecule has 2 heteroatoms. The molecule has 1 rings (SSSR count). The molecule has 1 N–H and O–H groups in total. The number of carbonyl (C=O) groups excluding carboxylic acids is 1. The van der Waals surface area contributed by atoms with Gasteiger partial charge in [0.25, 0.3) is 0 Å². The van der Waals surface area contributed by atoms with E-state index in [1.165, 1.54) is 0 Å². The second-order valence-corrected chi connectivity index (χ2v) is 4.65. The molecule has 1 aliphatic heterocycles. The van der Waals surface area contributed by atoms with Crippen molar-refractivity contribution in [2.45, 2.75) is 40.0 Å². The Morgan fingerprint density at radius 3 is 2.69 bits per heavy atom. The molecule has 2 nitrogen and oxygen atoms in total. The largest absolute Gasteiger partial charge is 0.356 e. The average molecular weight is 183 g/mol. The van der Waals surface area contributed by atoms with Gasteiger partial charge in [0.05, 0.1) is 0 Å². The van der Waals surface area contributed by atoms with Gasteiger partial charge in [-0.1, -0.05) is 20.8 Å². The second-order valence-electron chi connectivity index (χ2n) is 4.65. The van der Waals surface area contributed by atoms with E-state index in [1.54, 1.807) is 0 Å². The van der Waals surface area contributed by atoms with Gasteiger partial charge in [0, 0.05) is 12.5 Å². The number of nitrogens with one attached hydrogen (secondary N) is 1. The maximum atomic E-state index is 11.5. The van der Waals surface area contributed by atoms with Crippen LogP contribution in [0.1, 0.15) is 40.0 Å². The monoisotopic (exact) mass is 183 g/mol. The normalized spacial score (nSPS) is 25.8. The lowest BCUT2D eigenvalue weighted by Gasteiger charge is -2.28. The highest BCUT2D eigenvalue weighted by molar-refractivity contribution is 5.79. The van der Waals surface area contributed by atoms with E-state index in [0.29, 0.717) is 11.8 Å². The van der Waals surface area contributed by atoms with Crippen LogP contribution in [0.3, 0.4) is 0 Å². The summed E-state index contributed by atoms with van der Waals surface area (Å²) in [6, 6.07) is 0. The van der Waals surface area contributed by atoms with Crippen molar-refractivity contribution in [1.82, 2.24) is 5.32 Å². The number of piperidine rings is 1. The van der Waals surface area contributed by atoms with E-state index in [1.807, 2.05) is 0 Å². The summed E-state index contributed by atoms with van der Waals surface area (Å²) >= 11 is 0. The van der Waals surface area contributed by atoms with Gasteiger partial charge in [0.2, 0.25) is 5.91 Å². The molecule has 0 bridgehead atoms. The zero-order valence-electron chi connectivity index (χ0n) is 8.97. The highest BCUT2D eigenvalue weighted by Gasteiger charge is 2.27. The molecule has 0 aliphatic carbocycles. The molecule has 1 heterocycles. The first kappa shape index (κ1) is 10.6. The van der Waals surface area contributed by atoms with Gasteiger partial charge >= 0.3 is 0 Å². The molecular formula is C11H21NO. The lowest BCUT2D eigenvalue weighted by molar-refractivity contribution is -0.128. The van der Waals surface area contributed by atoms with Crippen LogP contribution in [0.4, 0.5) is 0 Å². The molecular weight excluding hydrogens is 162 g/mol. The predicted octanol–water partition coefficient (Wildman–Crippen LogP) is 2.19. The summed E-state index contributed by atoms with van der Waals surface area (Å²) in [5, 5.41) is 2.95. The molecule has 1 aliphatic rings. The highest BCUT2D eigenvalue weighted by atomic mass is 16.1. The van der Waals surface area contributed by atoms with Crippen LogP contribution in [0.2, 0.25) is 0 Å². The van der Waals surface area contributed by atoms with E-state index < -0.39 is 0 Å². The molecule has 1 amide bonds. The van der Waals surface area contributed by atoms with Gasteiger partial charge in [-0.15, -0.1) is 0 Å². The third-order valence-corrected chi connectivity index (χ3v) is 2.86. The summed E-state index contributed by atoms with van der Waals surface area (Å²) in [6.45, 7) is 7.52. The van der Waals surface area contributed by atoms with Crippen LogP contribution in [-0.4, -0.2) is 12.5 Å². The number of rotatable bonds is 3. The Labute approximate surface area is 81.1 Å². The van der Waals surface area contributed by atoms with Gasteiger partial charge in [0.15, 0.2) is 0 Å². The van der Waals surface area contributed by atoms with E-state index in [9.17, 15) is 4.79 Å². The van der Waals surface area contributed by atoms with E-state index >= 15 is 0 Å². The summed E-state index contributed by atoms with van der Waals surface area (Å²) < 4.78 is 0. The van der Waals surface area contributed by atoms with Gasteiger partial charge in [-0.2, -0.15) is 0 Å². The van der Waals surface area contributed by atoms with Gasteiger partial charge < -0.3 is 5.32 Å². The van der Waals surface area contributed by atoms with Crippen molar-refractivity contribution in [3.8, 4) is 0 Å². The molecule has 2 unspecified atom stereocenters. The van der Waals surface area contributed by atoms with Crippen molar-refractivity contribution in [3.63, 3.8) is 0 Å². The molecule has 0 aromatic carbocycles. The predicted molar refractivity (Wildman–Crippen MR) is 54.4 cm³/mol. The van der Waals surface area contributed by atoms with Crippen molar-refractivity contribution < 1.29 is 4.79 Å². The van der Waals surface area contributed by atoms with Crippen LogP contribution >= 0.6 is 0 Å². The van der Waals surface area contributed by atoms with Gasteiger partial charge in [-0.05, 0) is 31.1 Å². The molecule has 0 aromatic heterocycles. The summed E-state index contributed by atoms with van der Waals surface area (Å²) in [7, 11) is 0. The minimum atomic E-state index is 0.274. The fourth-order valence-electron chi connectivity index (χ4n) is 2.25. The Kier molecular flexibility index (Phi) is 3.76. The maximum absolute atomic E-state index is 11.5. The van der Waals surface area contributed by atoms with E-state index in [-0.39, 0.29) is 11.8 Å². The Hall–Kier alpha value is -0.530. The zero-order valence-corrected chi connectivity index (χ0v) is 8.97. The van der Waals surface area contributed by atoms with Gasteiger partial charge in [-0.3, -0.25) is 4.79 Å². The first-order valence-electron chi connectivity index (χ1n) is 5.39. The van der Waals surface area contributed by atoms with E-state index in [4.69, 9.17) is 0 Å². The summed E-state index contributed by atoms with van der Waals surface area (Å²) in [5.41, 5.74) is 0. The Morgan fingerprint density at radius 2 is 2.15 bits per heavy atom. The number of hydrogen-bond acceptors (Lipinski definition) is 1. The second kappa shape index (κ2) is 4.64. The Balaban J connectivity index is 2.43. The molecule has 76 valence electrons. The first-order chi connectivity index (χ1) is 6.11. The van der Waals surface area contributed by atoms with Crippen LogP contribution in [0.25, 0.3) is 0 Å². The summed E-state index contributed by atoms with van der Waals surface area (Å²) in [6.07, 6.45) is 3.40. The SMILES string of the molecule is CC(C)CC(C)C1CCCNC1=O. The van der Waals surface area contributed by atoms with Crippen molar-refractivity contribution in [3.05, 3.63) is 0 Å². The quantitative estimate of drug-likeness (QED) is 0.714. The Bertz CT molecular complexity index is 177. The molecule has 13 heavy (non-hydrogen) atoms. The molecule has 1 saturated heterocycles. The lowest BCUT2D eigenvalue weighted by atomic mass is 9.82. The molecule has 0 spiro atoms. The van der Waals surface area contributed by atoms with E-state index in [2.05, 4.69) is 26.1 Å². The van der Waals surface area contributed by atoms with Crippen molar-refractivity contribution in [1.29, 1.82) is 0 Å². The highest BCUT2D eigenvalue weighted by Crippen LogP contribution is 2.25. The fraction of sp³-hybridized carbons (Fsp3) is 0.909. The molecule has 0 aromatic rings. The number of carbonyl (C=O) groups is 1. The third kappa shape index (κ3) is 3.02. The van der Waals surface area contributed by atoms with Gasteiger partial charge in [-0.25, -0.2) is 0 Å². The minimum Gasteiger partial charge on any atom is -0.356 e. The van der Waals surface area contributed by atoms with Crippen LogP contribution in [0, 0.1) is 17.8 Å². The van der Waals surface area contributed by atoms with Crippen LogP contribution < -0.4 is 5.32 Å². The zero-order chi connectivity index (χ0) is 9.84. The number of amides is 1. The van der Waals surface area contributed by atoms with Gasteiger partial charge in [0.1, 0.15) is 0 Å². The molecule has 0 radical (unpaired) electrons. The summed E-state index contributed by atoms with van der Waals surface area (Å²) in [5.74, 6) is 1.79. The summed E-state index contributed by atoms with van der Waals surface area (Å²) in [4.78, 5) is 11.5. The minimum absolute atomic E-state index is 0.274. The van der Waals surface area contributed by atoms with E-state index in [0.717, 1.165) is 25.8 Å². The smallest absolute Gasteiger partial charge is 0.223 e.